The number of furan rings is 1. The molecule has 5 heteroatoms. The highest BCUT2D eigenvalue weighted by Gasteiger charge is 2.34. The van der Waals surface area contributed by atoms with Gasteiger partial charge in [0.2, 0.25) is 5.91 Å². The van der Waals surface area contributed by atoms with Crippen LogP contribution >= 0.6 is 0 Å². The quantitative estimate of drug-likeness (QED) is 0.893. The van der Waals surface area contributed by atoms with Gasteiger partial charge in [0.05, 0.1) is 13.1 Å². The van der Waals surface area contributed by atoms with Gasteiger partial charge in [-0.2, -0.15) is 0 Å². The molecule has 1 aromatic rings. The van der Waals surface area contributed by atoms with Gasteiger partial charge < -0.3 is 15.1 Å². The molecule has 0 aromatic carbocycles. The third kappa shape index (κ3) is 3.86. The zero-order chi connectivity index (χ0) is 14.8. The molecule has 0 radical (unpaired) electrons. The van der Waals surface area contributed by atoms with Gasteiger partial charge in [-0.15, -0.1) is 0 Å². The van der Waals surface area contributed by atoms with Crippen LogP contribution in [0.5, 0.6) is 0 Å². The highest BCUT2D eigenvalue weighted by Crippen LogP contribution is 2.29. The molecule has 1 amide bonds. The van der Waals surface area contributed by atoms with E-state index in [1.165, 1.54) is 0 Å². The van der Waals surface area contributed by atoms with Crippen LogP contribution in [-0.4, -0.2) is 47.4 Å². The Hall–Kier alpha value is -1.33. The lowest BCUT2D eigenvalue weighted by Crippen LogP contribution is -2.46. The van der Waals surface area contributed by atoms with Gasteiger partial charge in [-0.05, 0) is 44.7 Å². The van der Waals surface area contributed by atoms with Crippen LogP contribution in [0.4, 0.5) is 0 Å². The van der Waals surface area contributed by atoms with Gasteiger partial charge >= 0.3 is 0 Å². The predicted octanol–water partition coefficient (Wildman–Crippen LogP) is 1.50. The zero-order valence-corrected chi connectivity index (χ0v) is 12.8. The molecule has 21 heavy (non-hydrogen) atoms. The van der Waals surface area contributed by atoms with Crippen LogP contribution in [0.1, 0.15) is 37.2 Å². The highest BCUT2D eigenvalue weighted by molar-refractivity contribution is 5.79. The van der Waals surface area contributed by atoms with Gasteiger partial charge in [-0.1, -0.05) is 0 Å². The van der Waals surface area contributed by atoms with E-state index >= 15 is 0 Å². The van der Waals surface area contributed by atoms with Gasteiger partial charge in [0.25, 0.3) is 0 Å². The third-order valence-electron chi connectivity index (χ3n) is 4.42. The normalized spacial score (nSPS) is 20.7. The summed E-state index contributed by atoms with van der Waals surface area (Å²) in [6.45, 7) is 4.92. The topological polar surface area (TPSA) is 62.7 Å². The summed E-state index contributed by atoms with van der Waals surface area (Å²) in [6, 6.07) is 4.64. The van der Waals surface area contributed by atoms with Crippen molar-refractivity contribution in [1.29, 1.82) is 0 Å². The molecule has 2 fully saturated rings. The number of carbonyl (C=O) groups excluding carboxylic acids is 1. The number of hydrogen-bond donors (Lipinski definition) is 1. The first-order valence-corrected chi connectivity index (χ1v) is 7.94. The summed E-state index contributed by atoms with van der Waals surface area (Å²) in [5.41, 5.74) is 5.92. The van der Waals surface area contributed by atoms with Gasteiger partial charge in [-0.3, -0.25) is 9.69 Å². The third-order valence-corrected chi connectivity index (χ3v) is 4.42. The maximum atomic E-state index is 12.6. The molecule has 0 bridgehead atoms. The molecule has 2 N–H and O–H groups in total. The lowest BCUT2D eigenvalue weighted by Gasteiger charge is -2.31. The number of amides is 1. The fraction of sp³-hybridized carbons (Fsp3) is 0.688. The van der Waals surface area contributed by atoms with Crippen molar-refractivity contribution >= 4 is 5.91 Å². The molecule has 5 nitrogen and oxygen atoms in total. The van der Waals surface area contributed by atoms with Gasteiger partial charge in [-0.25, -0.2) is 0 Å². The van der Waals surface area contributed by atoms with Crippen LogP contribution in [0, 0.1) is 6.92 Å². The SMILES string of the molecule is Cc1ccc(CN(C(=O)CN2CCC(N)CC2)C2CC2)o1. The van der Waals surface area contributed by atoms with E-state index in [-0.39, 0.29) is 5.91 Å². The van der Waals surface area contributed by atoms with Crippen LogP contribution in [0.2, 0.25) is 0 Å². The van der Waals surface area contributed by atoms with Crippen molar-refractivity contribution in [2.45, 2.75) is 51.2 Å². The molecule has 0 atom stereocenters. The fourth-order valence-electron chi connectivity index (χ4n) is 2.94. The maximum absolute atomic E-state index is 12.6. The minimum atomic E-state index is 0.224. The standard InChI is InChI=1S/C16H25N3O2/c1-12-2-5-15(21-12)10-19(14-3-4-14)16(20)11-18-8-6-13(17)7-9-18/h2,5,13-14H,3-4,6-11,17H2,1H3. The molecule has 116 valence electrons. The first-order valence-electron chi connectivity index (χ1n) is 7.94. The molecule has 2 heterocycles. The molecule has 3 rings (SSSR count). The molecular weight excluding hydrogens is 266 g/mol. The fourth-order valence-corrected chi connectivity index (χ4v) is 2.94. The van der Waals surface area contributed by atoms with E-state index in [0.717, 1.165) is 50.3 Å². The lowest BCUT2D eigenvalue weighted by atomic mass is 10.1. The van der Waals surface area contributed by atoms with Crippen LogP contribution in [0.15, 0.2) is 16.5 Å². The maximum Gasteiger partial charge on any atom is 0.237 e. The lowest BCUT2D eigenvalue weighted by molar-refractivity contribution is -0.134. The monoisotopic (exact) mass is 291 g/mol. The molecule has 0 unspecified atom stereocenters. The second kappa shape index (κ2) is 6.20. The van der Waals surface area contributed by atoms with Crippen LogP contribution in [-0.2, 0) is 11.3 Å². The van der Waals surface area contributed by atoms with Crippen molar-refractivity contribution in [3.8, 4) is 0 Å². The smallest absolute Gasteiger partial charge is 0.237 e. The molecular formula is C16H25N3O2. The number of hydrogen-bond acceptors (Lipinski definition) is 4. The minimum absolute atomic E-state index is 0.224. The number of rotatable bonds is 5. The molecule has 1 aromatic heterocycles. The van der Waals surface area contributed by atoms with Crippen LogP contribution in [0.3, 0.4) is 0 Å². The van der Waals surface area contributed by atoms with E-state index in [1.807, 2.05) is 24.0 Å². The molecule has 1 saturated carbocycles. The number of piperidine rings is 1. The molecule has 1 aliphatic heterocycles. The second-order valence-corrected chi connectivity index (χ2v) is 6.38. The Labute approximate surface area is 126 Å². The van der Waals surface area contributed by atoms with Crippen molar-refractivity contribution in [1.82, 2.24) is 9.80 Å². The average Bonchev–Trinajstić information content (AvgIpc) is 3.21. The summed E-state index contributed by atoms with van der Waals surface area (Å²) in [7, 11) is 0. The van der Waals surface area contributed by atoms with Gasteiger partial charge in [0.15, 0.2) is 0 Å². The summed E-state index contributed by atoms with van der Waals surface area (Å²) in [5, 5.41) is 0. The zero-order valence-electron chi connectivity index (χ0n) is 12.8. The molecule has 0 spiro atoms. The Morgan fingerprint density at radius 1 is 1.33 bits per heavy atom. The summed E-state index contributed by atoms with van der Waals surface area (Å²) >= 11 is 0. The van der Waals surface area contributed by atoms with Crippen LogP contribution < -0.4 is 5.73 Å². The van der Waals surface area contributed by atoms with E-state index in [9.17, 15) is 4.79 Å². The van der Waals surface area contributed by atoms with Crippen LogP contribution in [0.25, 0.3) is 0 Å². The first-order chi connectivity index (χ1) is 10.1. The van der Waals surface area contributed by atoms with Gasteiger partial charge in [0, 0.05) is 25.2 Å². The second-order valence-electron chi connectivity index (χ2n) is 6.38. The summed E-state index contributed by atoms with van der Waals surface area (Å²) in [5.74, 6) is 2.01. The van der Waals surface area contributed by atoms with E-state index in [2.05, 4.69) is 4.90 Å². The molecule has 1 aliphatic carbocycles. The van der Waals surface area contributed by atoms with Gasteiger partial charge in [0.1, 0.15) is 11.5 Å². The van der Waals surface area contributed by atoms with Crippen molar-refractivity contribution in [3.63, 3.8) is 0 Å². The first kappa shape index (κ1) is 14.6. The Morgan fingerprint density at radius 3 is 2.62 bits per heavy atom. The molecule has 2 aliphatic rings. The number of aryl methyl sites for hydroxylation is 1. The Balaban J connectivity index is 1.57. The number of nitrogens with two attached hydrogens (primary N) is 1. The van der Waals surface area contributed by atoms with E-state index in [1.54, 1.807) is 0 Å². The highest BCUT2D eigenvalue weighted by atomic mass is 16.3. The Morgan fingerprint density at radius 2 is 2.05 bits per heavy atom. The van der Waals surface area contributed by atoms with Crippen molar-refractivity contribution in [2.24, 2.45) is 5.73 Å². The Kier molecular flexibility index (Phi) is 4.31. The van der Waals surface area contributed by atoms with E-state index < -0.39 is 0 Å². The number of carbonyl (C=O) groups is 1. The average molecular weight is 291 g/mol. The van der Waals surface area contributed by atoms with Crippen molar-refractivity contribution in [2.75, 3.05) is 19.6 Å². The summed E-state index contributed by atoms with van der Waals surface area (Å²) < 4.78 is 5.62. The number of likely N-dealkylation sites (tertiary alicyclic amines) is 1. The molecule has 1 saturated heterocycles. The summed E-state index contributed by atoms with van der Waals surface area (Å²) in [6.07, 6.45) is 4.23. The Bertz CT molecular complexity index is 487. The number of nitrogens with zero attached hydrogens (tertiary/aromatic N) is 2. The predicted molar refractivity (Wildman–Crippen MR) is 80.7 cm³/mol. The van der Waals surface area contributed by atoms with Crippen molar-refractivity contribution < 1.29 is 9.21 Å². The summed E-state index contributed by atoms with van der Waals surface area (Å²) in [4.78, 5) is 16.8. The van der Waals surface area contributed by atoms with E-state index in [4.69, 9.17) is 10.2 Å². The minimum Gasteiger partial charge on any atom is -0.464 e. The largest absolute Gasteiger partial charge is 0.464 e. The van der Waals surface area contributed by atoms with Crippen molar-refractivity contribution in [3.05, 3.63) is 23.7 Å². The van der Waals surface area contributed by atoms with E-state index in [0.29, 0.717) is 25.2 Å².